The van der Waals surface area contributed by atoms with Crippen molar-refractivity contribution in [1.82, 2.24) is 25.8 Å². The molecule has 7 nitrogen and oxygen atoms in total. The highest BCUT2D eigenvalue weighted by Gasteiger charge is 2.39. The van der Waals surface area contributed by atoms with E-state index in [9.17, 15) is 4.79 Å². The molecular weight excluding hydrogens is 400 g/mol. The molecule has 184 valence electrons. The number of nitrogens with zero attached hydrogens (tertiary/aromatic N) is 3. The van der Waals surface area contributed by atoms with E-state index in [4.69, 9.17) is 4.99 Å². The average molecular weight is 449 g/mol. The zero-order chi connectivity index (χ0) is 23.0. The van der Waals surface area contributed by atoms with Crippen molar-refractivity contribution in [1.29, 1.82) is 0 Å². The van der Waals surface area contributed by atoms with Crippen LogP contribution >= 0.6 is 0 Å². The Balaban J connectivity index is 1.65. The van der Waals surface area contributed by atoms with E-state index in [0.29, 0.717) is 6.04 Å². The van der Waals surface area contributed by atoms with Crippen LogP contribution in [-0.2, 0) is 4.79 Å². The van der Waals surface area contributed by atoms with Crippen LogP contribution in [0.5, 0.6) is 0 Å². The molecule has 2 saturated heterocycles. The standard InChI is InChI=1S/C25H48N6O/c1-5-26-24(29-22-11-9-10-21(18-22)23(32)28-20(2)3)27-19-25(12-16-30(4)17-13-25)31-14-7-6-8-15-31/h20-22H,5-19H2,1-4H3,(H,28,32)(H2,26,27,29). The first-order valence-electron chi connectivity index (χ1n) is 13.2. The maximum absolute atomic E-state index is 12.5. The van der Waals surface area contributed by atoms with Gasteiger partial charge < -0.3 is 20.9 Å². The fourth-order valence-corrected chi connectivity index (χ4v) is 5.68. The molecule has 1 saturated carbocycles. The summed E-state index contributed by atoms with van der Waals surface area (Å²) in [6.07, 6.45) is 10.5. The number of hydrogen-bond donors (Lipinski definition) is 3. The predicted octanol–water partition coefficient (Wildman–Crippen LogP) is 2.58. The third kappa shape index (κ3) is 7.08. The number of piperidine rings is 2. The van der Waals surface area contributed by atoms with Gasteiger partial charge in [0.15, 0.2) is 5.96 Å². The van der Waals surface area contributed by atoms with E-state index in [-0.39, 0.29) is 23.4 Å². The van der Waals surface area contributed by atoms with Crippen LogP contribution < -0.4 is 16.0 Å². The quantitative estimate of drug-likeness (QED) is 0.412. The van der Waals surface area contributed by atoms with E-state index < -0.39 is 0 Å². The molecule has 3 rings (SSSR count). The normalized spacial score (nSPS) is 27.8. The lowest BCUT2D eigenvalue weighted by atomic mass is 9.84. The highest BCUT2D eigenvalue weighted by molar-refractivity contribution is 5.81. The number of guanidine groups is 1. The Labute approximate surface area is 196 Å². The molecule has 1 amide bonds. The van der Waals surface area contributed by atoms with Crippen LogP contribution in [0.1, 0.15) is 78.6 Å². The van der Waals surface area contributed by atoms with Gasteiger partial charge in [-0.3, -0.25) is 14.7 Å². The zero-order valence-corrected chi connectivity index (χ0v) is 21.1. The molecule has 1 aliphatic carbocycles. The Morgan fingerprint density at radius 3 is 2.44 bits per heavy atom. The van der Waals surface area contributed by atoms with Crippen LogP contribution in [0, 0.1) is 5.92 Å². The summed E-state index contributed by atoms with van der Waals surface area (Å²) < 4.78 is 0. The molecule has 3 aliphatic rings. The van der Waals surface area contributed by atoms with Crippen LogP contribution in [0.15, 0.2) is 4.99 Å². The SMILES string of the molecule is CCNC(=NCC1(N2CCCCC2)CCN(C)CC1)NC1CCCC(C(=O)NC(C)C)C1. The van der Waals surface area contributed by atoms with Crippen LogP contribution in [0.2, 0.25) is 0 Å². The number of carbonyl (C=O) groups is 1. The predicted molar refractivity (Wildman–Crippen MR) is 133 cm³/mol. The van der Waals surface area contributed by atoms with E-state index in [2.05, 4.69) is 39.7 Å². The fourth-order valence-electron chi connectivity index (χ4n) is 5.68. The van der Waals surface area contributed by atoms with E-state index in [1.807, 2.05) is 13.8 Å². The van der Waals surface area contributed by atoms with Gasteiger partial charge in [-0.15, -0.1) is 0 Å². The number of carbonyl (C=O) groups excluding carboxylic acids is 1. The second kappa shape index (κ2) is 12.2. The van der Waals surface area contributed by atoms with E-state index >= 15 is 0 Å². The molecule has 3 fully saturated rings. The van der Waals surface area contributed by atoms with Gasteiger partial charge in [-0.1, -0.05) is 12.8 Å². The first-order chi connectivity index (χ1) is 15.4. The number of amides is 1. The zero-order valence-electron chi connectivity index (χ0n) is 21.1. The van der Waals surface area contributed by atoms with Crippen LogP contribution in [0.4, 0.5) is 0 Å². The minimum atomic E-state index is 0.111. The monoisotopic (exact) mass is 448 g/mol. The molecule has 0 aromatic carbocycles. The third-order valence-electron chi connectivity index (χ3n) is 7.64. The first kappa shape index (κ1) is 25.3. The number of aliphatic imine (C=N–C) groups is 1. The fraction of sp³-hybridized carbons (Fsp3) is 0.920. The van der Waals surface area contributed by atoms with Crippen molar-refractivity contribution in [3.05, 3.63) is 0 Å². The number of hydrogen-bond acceptors (Lipinski definition) is 4. The highest BCUT2D eigenvalue weighted by Crippen LogP contribution is 2.32. The molecule has 2 aliphatic heterocycles. The van der Waals surface area contributed by atoms with Gasteiger partial charge in [0, 0.05) is 30.1 Å². The van der Waals surface area contributed by atoms with Gasteiger partial charge in [0.25, 0.3) is 0 Å². The number of nitrogens with one attached hydrogen (secondary N) is 3. The van der Waals surface area contributed by atoms with Gasteiger partial charge >= 0.3 is 0 Å². The molecule has 0 aromatic heterocycles. The molecule has 0 aromatic rings. The largest absolute Gasteiger partial charge is 0.357 e. The summed E-state index contributed by atoms with van der Waals surface area (Å²) in [6, 6.07) is 0.517. The summed E-state index contributed by atoms with van der Waals surface area (Å²) in [5.41, 5.74) is 0.196. The summed E-state index contributed by atoms with van der Waals surface area (Å²) >= 11 is 0. The minimum Gasteiger partial charge on any atom is -0.357 e. The number of likely N-dealkylation sites (tertiary alicyclic amines) is 2. The molecule has 0 radical (unpaired) electrons. The summed E-state index contributed by atoms with van der Waals surface area (Å²) in [7, 11) is 2.24. The van der Waals surface area contributed by atoms with Gasteiger partial charge in [0.2, 0.25) is 5.91 Å². The van der Waals surface area contributed by atoms with Gasteiger partial charge in [0.05, 0.1) is 6.54 Å². The molecular formula is C25H48N6O. The van der Waals surface area contributed by atoms with Gasteiger partial charge in [-0.25, -0.2) is 0 Å². The van der Waals surface area contributed by atoms with Crippen molar-refractivity contribution >= 4 is 11.9 Å². The third-order valence-corrected chi connectivity index (χ3v) is 7.64. The van der Waals surface area contributed by atoms with E-state index in [1.165, 1.54) is 45.2 Å². The molecule has 7 heteroatoms. The molecule has 0 spiro atoms. The average Bonchev–Trinajstić information content (AvgIpc) is 2.79. The van der Waals surface area contributed by atoms with Gasteiger partial charge in [-0.05, 0) is 98.9 Å². The van der Waals surface area contributed by atoms with Crippen molar-refractivity contribution in [2.45, 2.75) is 96.2 Å². The summed E-state index contributed by atoms with van der Waals surface area (Å²) in [4.78, 5) is 22.9. The summed E-state index contributed by atoms with van der Waals surface area (Å²) in [6.45, 7) is 12.7. The van der Waals surface area contributed by atoms with Crippen molar-refractivity contribution in [2.24, 2.45) is 10.9 Å². The molecule has 32 heavy (non-hydrogen) atoms. The lowest BCUT2D eigenvalue weighted by molar-refractivity contribution is -0.126. The summed E-state index contributed by atoms with van der Waals surface area (Å²) in [5, 5.41) is 10.3. The molecule has 3 N–H and O–H groups in total. The Kier molecular flexibility index (Phi) is 9.65. The van der Waals surface area contributed by atoms with Crippen LogP contribution in [0.3, 0.4) is 0 Å². The Morgan fingerprint density at radius 2 is 1.78 bits per heavy atom. The first-order valence-corrected chi connectivity index (χ1v) is 13.2. The smallest absolute Gasteiger partial charge is 0.223 e. The molecule has 0 bridgehead atoms. The topological polar surface area (TPSA) is 72.0 Å². The lowest BCUT2D eigenvalue weighted by Gasteiger charge is -2.49. The second-order valence-corrected chi connectivity index (χ2v) is 10.6. The van der Waals surface area contributed by atoms with Crippen LogP contribution in [0.25, 0.3) is 0 Å². The van der Waals surface area contributed by atoms with Crippen molar-refractivity contribution in [3.8, 4) is 0 Å². The van der Waals surface area contributed by atoms with Crippen molar-refractivity contribution < 1.29 is 4.79 Å². The van der Waals surface area contributed by atoms with Gasteiger partial charge in [0.1, 0.15) is 0 Å². The maximum Gasteiger partial charge on any atom is 0.223 e. The van der Waals surface area contributed by atoms with Crippen molar-refractivity contribution in [3.63, 3.8) is 0 Å². The van der Waals surface area contributed by atoms with Crippen LogP contribution in [-0.4, -0.2) is 85.6 Å². The van der Waals surface area contributed by atoms with Gasteiger partial charge in [-0.2, -0.15) is 0 Å². The van der Waals surface area contributed by atoms with E-state index in [0.717, 1.165) is 57.8 Å². The minimum absolute atomic E-state index is 0.111. The molecule has 2 unspecified atom stereocenters. The van der Waals surface area contributed by atoms with E-state index in [1.54, 1.807) is 0 Å². The Morgan fingerprint density at radius 1 is 1.06 bits per heavy atom. The lowest BCUT2D eigenvalue weighted by Crippen LogP contribution is -2.58. The Bertz CT molecular complexity index is 608. The van der Waals surface area contributed by atoms with Crippen molar-refractivity contribution in [2.75, 3.05) is 46.3 Å². The highest BCUT2D eigenvalue weighted by atomic mass is 16.1. The Hall–Kier alpha value is -1.34. The summed E-state index contributed by atoms with van der Waals surface area (Å²) in [5.74, 6) is 1.25. The second-order valence-electron chi connectivity index (χ2n) is 10.6. The number of rotatable bonds is 7. The maximum atomic E-state index is 12.5. The molecule has 2 atom stereocenters. The molecule has 2 heterocycles.